The molecule has 3 heterocycles. The molecular formula is C24H21N5O4. The number of pyridine rings is 1. The van der Waals surface area contributed by atoms with Crippen molar-refractivity contribution < 1.29 is 19.1 Å². The average Bonchev–Trinajstić information content (AvgIpc) is 3.27. The molecule has 0 saturated carbocycles. The van der Waals surface area contributed by atoms with Gasteiger partial charge in [-0.2, -0.15) is 5.26 Å². The standard InChI is InChI=1S/C24H21N5O4/c1-15(30)23(31)28-8-6-17(7-9-28)21-14-27-22-20(21)11-19(13-26-22)29(24(32)33-2)18-5-3-4-16(10-18)12-25/h3-6,10-11,13-14H,7-9H2,1-2H3,(H,26,27). The Balaban J connectivity index is 1.73. The maximum atomic E-state index is 12.6. The molecule has 1 aliphatic rings. The third kappa shape index (κ3) is 4.19. The average molecular weight is 443 g/mol. The second-order valence-corrected chi connectivity index (χ2v) is 7.55. The van der Waals surface area contributed by atoms with Crippen LogP contribution in [-0.4, -0.2) is 52.9 Å². The number of fused-ring (bicyclic) bond motifs is 1. The number of nitrogens with zero attached hydrogens (tertiary/aromatic N) is 4. The summed E-state index contributed by atoms with van der Waals surface area (Å²) in [6.45, 7) is 2.07. The van der Waals surface area contributed by atoms with E-state index < -0.39 is 17.8 Å². The van der Waals surface area contributed by atoms with E-state index in [1.165, 1.54) is 23.8 Å². The van der Waals surface area contributed by atoms with Gasteiger partial charge in [0.25, 0.3) is 5.91 Å². The van der Waals surface area contributed by atoms with Crippen LogP contribution in [0.3, 0.4) is 0 Å². The van der Waals surface area contributed by atoms with Crippen molar-refractivity contribution in [2.24, 2.45) is 0 Å². The third-order valence-electron chi connectivity index (χ3n) is 5.51. The number of nitriles is 1. The number of hydrogen-bond donors (Lipinski definition) is 1. The number of methoxy groups -OCH3 is 1. The number of rotatable bonds is 4. The smallest absolute Gasteiger partial charge is 0.418 e. The fourth-order valence-electron chi connectivity index (χ4n) is 3.87. The lowest BCUT2D eigenvalue weighted by Gasteiger charge is -2.25. The summed E-state index contributed by atoms with van der Waals surface area (Å²) in [4.78, 5) is 46.5. The van der Waals surface area contributed by atoms with E-state index in [-0.39, 0.29) is 0 Å². The highest BCUT2D eigenvalue weighted by molar-refractivity contribution is 6.35. The molecule has 0 unspecified atom stereocenters. The number of Topliss-reactive ketones (excluding diaryl/α,β-unsaturated/α-hetero) is 1. The lowest BCUT2D eigenvalue weighted by molar-refractivity contribution is -0.143. The van der Waals surface area contributed by atoms with Gasteiger partial charge in [-0.15, -0.1) is 0 Å². The fraction of sp³-hybridized carbons (Fsp3) is 0.208. The minimum absolute atomic E-state index is 0.350. The van der Waals surface area contributed by atoms with Crippen LogP contribution >= 0.6 is 0 Å². The molecule has 0 radical (unpaired) electrons. The van der Waals surface area contributed by atoms with Crippen molar-refractivity contribution in [2.75, 3.05) is 25.1 Å². The Kier molecular flexibility index (Phi) is 5.91. The zero-order chi connectivity index (χ0) is 23.5. The number of ketones is 1. The Hall–Kier alpha value is -4.45. The van der Waals surface area contributed by atoms with Gasteiger partial charge in [-0.05, 0) is 36.3 Å². The predicted molar refractivity (Wildman–Crippen MR) is 122 cm³/mol. The van der Waals surface area contributed by atoms with Gasteiger partial charge in [0.2, 0.25) is 5.78 Å². The van der Waals surface area contributed by atoms with Gasteiger partial charge in [0.1, 0.15) is 5.65 Å². The molecule has 0 aliphatic carbocycles. The van der Waals surface area contributed by atoms with Crippen LogP contribution < -0.4 is 4.90 Å². The predicted octanol–water partition coefficient (Wildman–Crippen LogP) is 3.54. The number of anilines is 2. The van der Waals surface area contributed by atoms with Crippen LogP contribution in [0.1, 0.15) is 24.5 Å². The number of H-pyrrole nitrogens is 1. The van der Waals surface area contributed by atoms with E-state index >= 15 is 0 Å². The Labute approximate surface area is 189 Å². The Morgan fingerprint density at radius 1 is 1.24 bits per heavy atom. The number of benzene rings is 1. The Bertz CT molecular complexity index is 1330. The van der Waals surface area contributed by atoms with E-state index in [0.29, 0.717) is 42.1 Å². The first kappa shape index (κ1) is 21.8. The minimum atomic E-state index is -0.612. The highest BCUT2D eigenvalue weighted by Gasteiger charge is 2.24. The molecule has 9 heteroatoms. The zero-order valence-corrected chi connectivity index (χ0v) is 18.2. The second kappa shape index (κ2) is 8.96. The van der Waals surface area contributed by atoms with E-state index in [0.717, 1.165) is 16.5 Å². The zero-order valence-electron chi connectivity index (χ0n) is 18.2. The lowest BCUT2D eigenvalue weighted by Crippen LogP contribution is -2.38. The summed E-state index contributed by atoms with van der Waals surface area (Å²) < 4.78 is 4.98. The van der Waals surface area contributed by atoms with Gasteiger partial charge in [-0.25, -0.2) is 14.7 Å². The fourth-order valence-corrected chi connectivity index (χ4v) is 3.87. The molecule has 3 aromatic rings. The number of hydrogen-bond acceptors (Lipinski definition) is 6. The van der Waals surface area contributed by atoms with Crippen LogP contribution in [0.25, 0.3) is 16.6 Å². The van der Waals surface area contributed by atoms with Crippen LogP contribution in [-0.2, 0) is 14.3 Å². The molecule has 166 valence electrons. The number of amides is 2. The summed E-state index contributed by atoms with van der Waals surface area (Å²) in [5.41, 5.74) is 3.94. The van der Waals surface area contributed by atoms with Gasteiger partial charge in [-0.1, -0.05) is 12.1 Å². The summed E-state index contributed by atoms with van der Waals surface area (Å²) in [5, 5.41) is 10.0. The largest absolute Gasteiger partial charge is 0.452 e. The quantitative estimate of drug-likeness (QED) is 0.616. The van der Waals surface area contributed by atoms with E-state index in [2.05, 4.69) is 16.0 Å². The van der Waals surface area contributed by atoms with Crippen molar-refractivity contribution >= 4 is 45.8 Å². The number of aromatic nitrogens is 2. The minimum Gasteiger partial charge on any atom is -0.452 e. The maximum absolute atomic E-state index is 12.6. The molecular weight excluding hydrogens is 422 g/mol. The van der Waals surface area contributed by atoms with Crippen molar-refractivity contribution in [1.82, 2.24) is 14.9 Å². The molecule has 0 saturated heterocycles. The van der Waals surface area contributed by atoms with Crippen LogP contribution in [0.5, 0.6) is 0 Å². The molecule has 2 aromatic heterocycles. The molecule has 33 heavy (non-hydrogen) atoms. The topological polar surface area (TPSA) is 119 Å². The Morgan fingerprint density at radius 2 is 2.06 bits per heavy atom. The SMILES string of the molecule is COC(=O)N(c1cccc(C#N)c1)c1cnc2[nH]cc(C3=CCN(C(=O)C(C)=O)CC3)c2c1. The highest BCUT2D eigenvalue weighted by Crippen LogP contribution is 2.33. The maximum Gasteiger partial charge on any atom is 0.418 e. The van der Waals surface area contributed by atoms with Gasteiger partial charge < -0.3 is 14.6 Å². The first-order valence-corrected chi connectivity index (χ1v) is 10.3. The Morgan fingerprint density at radius 3 is 2.73 bits per heavy atom. The molecule has 1 aliphatic heterocycles. The van der Waals surface area contributed by atoms with Gasteiger partial charge in [0.15, 0.2) is 0 Å². The number of carbonyl (C=O) groups excluding carboxylic acids is 3. The summed E-state index contributed by atoms with van der Waals surface area (Å²) in [6, 6.07) is 10.6. The molecule has 9 nitrogen and oxygen atoms in total. The van der Waals surface area contributed by atoms with Gasteiger partial charge in [0, 0.05) is 37.2 Å². The van der Waals surface area contributed by atoms with E-state index in [9.17, 15) is 19.6 Å². The van der Waals surface area contributed by atoms with Crippen LogP contribution in [0, 0.1) is 11.3 Å². The van der Waals surface area contributed by atoms with E-state index in [1.807, 2.05) is 18.3 Å². The summed E-state index contributed by atoms with van der Waals surface area (Å²) in [5.74, 6) is -0.961. The summed E-state index contributed by atoms with van der Waals surface area (Å²) in [7, 11) is 1.29. The molecule has 0 spiro atoms. The molecule has 1 N–H and O–H groups in total. The molecule has 0 bridgehead atoms. The normalized spacial score (nSPS) is 13.2. The monoisotopic (exact) mass is 443 g/mol. The molecule has 0 fully saturated rings. The first-order chi connectivity index (χ1) is 15.9. The number of aromatic amines is 1. The van der Waals surface area contributed by atoms with Crippen LogP contribution in [0.15, 0.2) is 48.8 Å². The summed E-state index contributed by atoms with van der Waals surface area (Å²) in [6.07, 6.45) is 5.30. The number of carbonyl (C=O) groups is 3. The molecule has 2 amide bonds. The third-order valence-corrected chi connectivity index (χ3v) is 5.51. The van der Waals surface area contributed by atoms with Crippen molar-refractivity contribution in [3.8, 4) is 6.07 Å². The number of ether oxygens (including phenoxy) is 1. The van der Waals surface area contributed by atoms with E-state index in [1.54, 1.807) is 30.5 Å². The van der Waals surface area contributed by atoms with Gasteiger partial charge in [-0.3, -0.25) is 9.59 Å². The van der Waals surface area contributed by atoms with Crippen molar-refractivity contribution in [3.63, 3.8) is 0 Å². The van der Waals surface area contributed by atoms with Crippen LogP contribution in [0.2, 0.25) is 0 Å². The molecule has 4 rings (SSSR count). The highest BCUT2D eigenvalue weighted by atomic mass is 16.5. The molecule has 0 atom stereocenters. The molecule has 1 aromatic carbocycles. The van der Waals surface area contributed by atoms with Crippen molar-refractivity contribution in [3.05, 3.63) is 59.9 Å². The van der Waals surface area contributed by atoms with Gasteiger partial charge in [0.05, 0.1) is 36.3 Å². The van der Waals surface area contributed by atoms with Crippen LogP contribution in [0.4, 0.5) is 16.2 Å². The first-order valence-electron chi connectivity index (χ1n) is 10.3. The second-order valence-electron chi connectivity index (χ2n) is 7.55. The van der Waals surface area contributed by atoms with E-state index in [4.69, 9.17) is 4.74 Å². The summed E-state index contributed by atoms with van der Waals surface area (Å²) >= 11 is 0. The van der Waals surface area contributed by atoms with Crippen molar-refractivity contribution in [2.45, 2.75) is 13.3 Å². The van der Waals surface area contributed by atoms with Crippen molar-refractivity contribution in [1.29, 1.82) is 5.26 Å². The lowest BCUT2D eigenvalue weighted by atomic mass is 9.99. The van der Waals surface area contributed by atoms with Gasteiger partial charge >= 0.3 is 6.09 Å². The number of nitrogens with one attached hydrogen (secondary N) is 1.